The second kappa shape index (κ2) is 3.51. The zero-order valence-corrected chi connectivity index (χ0v) is 6.72. The summed E-state index contributed by atoms with van der Waals surface area (Å²) in [5, 5.41) is 0. The van der Waals surface area contributed by atoms with E-state index in [2.05, 4.69) is 9.72 Å². The van der Waals surface area contributed by atoms with E-state index in [0.717, 1.165) is 13.3 Å². The number of nitrogen functional groups attached to an aromatic ring is 1. The molecule has 0 aliphatic heterocycles. The van der Waals surface area contributed by atoms with Crippen molar-refractivity contribution in [2.75, 3.05) is 12.8 Å². The molecule has 0 saturated carbocycles. The number of hydrogen-bond donors (Lipinski definition) is 1. The van der Waals surface area contributed by atoms with Crippen LogP contribution in [0.5, 0.6) is 5.75 Å². The topological polar surface area (TPSA) is 48.1 Å². The minimum absolute atomic E-state index is 0.304. The largest absolute Gasteiger partial charge is 0.495 e. The van der Waals surface area contributed by atoms with Gasteiger partial charge in [-0.15, -0.1) is 0 Å². The first kappa shape index (κ1) is 9.63. The van der Waals surface area contributed by atoms with Crippen LogP contribution in [0.1, 0.15) is 12.0 Å². The third-order valence-electron chi connectivity index (χ3n) is 1.49. The summed E-state index contributed by atoms with van der Waals surface area (Å²) in [5.41, 5.74) is 4.16. The summed E-state index contributed by atoms with van der Waals surface area (Å²) in [6.45, 7) is 0. The summed E-state index contributed by atoms with van der Waals surface area (Å²) >= 11 is 0. The number of aromatic nitrogens is 1. The summed E-state index contributed by atoms with van der Waals surface area (Å²) in [6, 6.07) is 0. The Bertz CT molecular complexity index is 317. The molecule has 6 heteroatoms. The Morgan fingerprint density at radius 2 is 2.15 bits per heavy atom. The molecule has 3 nitrogen and oxygen atoms in total. The van der Waals surface area contributed by atoms with E-state index in [1.165, 1.54) is 0 Å². The summed E-state index contributed by atoms with van der Waals surface area (Å²) in [7, 11) is 1.15. The van der Waals surface area contributed by atoms with Crippen molar-refractivity contribution in [1.82, 2.24) is 4.98 Å². The van der Waals surface area contributed by atoms with E-state index in [0.29, 0.717) is 0 Å². The lowest BCUT2D eigenvalue weighted by Gasteiger charge is -2.08. The Hall–Kier alpha value is -1.46. The van der Waals surface area contributed by atoms with Crippen LogP contribution < -0.4 is 10.5 Å². The Balaban J connectivity index is 3.32. The fraction of sp³-hybridized carbons (Fsp3) is 0.286. The van der Waals surface area contributed by atoms with Crippen molar-refractivity contribution in [3.8, 4) is 5.75 Å². The summed E-state index contributed by atoms with van der Waals surface area (Å²) in [5.74, 6) is -2.09. The van der Waals surface area contributed by atoms with Crippen molar-refractivity contribution in [2.45, 2.75) is 6.43 Å². The van der Waals surface area contributed by atoms with Gasteiger partial charge >= 0.3 is 0 Å². The molecule has 0 spiro atoms. The third-order valence-corrected chi connectivity index (χ3v) is 1.49. The third kappa shape index (κ3) is 1.66. The minimum atomic E-state index is -2.97. The van der Waals surface area contributed by atoms with E-state index in [-0.39, 0.29) is 5.75 Å². The van der Waals surface area contributed by atoms with Gasteiger partial charge in [0.2, 0.25) is 0 Å². The van der Waals surface area contributed by atoms with Gasteiger partial charge in [0.1, 0.15) is 11.3 Å². The molecule has 0 radical (unpaired) electrons. The molecule has 0 bridgehead atoms. The highest BCUT2D eigenvalue weighted by atomic mass is 19.3. The Morgan fingerprint density at radius 3 is 2.62 bits per heavy atom. The normalized spacial score (nSPS) is 10.5. The first-order chi connectivity index (χ1) is 6.07. The van der Waals surface area contributed by atoms with Gasteiger partial charge in [-0.1, -0.05) is 0 Å². The van der Waals surface area contributed by atoms with Gasteiger partial charge in [0.05, 0.1) is 13.3 Å². The fourth-order valence-corrected chi connectivity index (χ4v) is 0.867. The Labute approximate surface area is 72.3 Å². The SMILES string of the molecule is COc1cnc(N)c(F)c1C(F)F. The molecule has 0 saturated heterocycles. The van der Waals surface area contributed by atoms with Crippen molar-refractivity contribution in [1.29, 1.82) is 0 Å². The van der Waals surface area contributed by atoms with Crippen LogP contribution in [0.2, 0.25) is 0 Å². The summed E-state index contributed by atoms with van der Waals surface area (Å²) in [4.78, 5) is 3.34. The molecular formula is C7H7F3N2O. The molecule has 1 aromatic rings. The average Bonchev–Trinajstić information content (AvgIpc) is 2.08. The standard InChI is InChI=1S/C7H7F3N2O/c1-13-3-2-12-7(11)5(8)4(3)6(9)10/h2,6H,1H3,(H2,11,12). The van der Waals surface area contributed by atoms with Gasteiger partial charge in [0, 0.05) is 0 Å². The molecule has 1 rings (SSSR count). The van der Waals surface area contributed by atoms with Crippen LogP contribution in [0.3, 0.4) is 0 Å². The zero-order valence-electron chi connectivity index (χ0n) is 6.72. The van der Waals surface area contributed by atoms with E-state index in [4.69, 9.17) is 5.73 Å². The van der Waals surface area contributed by atoms with Gasteiger partial charge in [-0.05, 0) is 0 Å². The molecule has 0 amide bonds. The molecule has 0 aliphatic rings. The van der Waals surface area contributed by atoms with Crippen LogP contribution in [0.25, 0.3) is 0 Å². The van der Waals surface area contributed by atoms with Crippen molar-refractivity contribution >= 4 is 5.82 Å². The maximum Gasteiger partial charge on any atom is 0.270 e. The van der Waals surface area contributed by atoms with E-state index in [9.17, 15) is 13.2 Å². The molecule has 13 heavy (non-hydrogen) atoms. The molecule has 1 aromatic heterocycles. The predicted octanol–water partition coefficient (Wildman–Crippen LogP) is 1.75. The molecule has 0 atom stereocenters. The van der Waals surface area contributed by atoms with Crippen LogP contribution in [-0.2, 0) is 0 Å². The number of anilines is 1. The van der Waals surface area contributed by atoms with Gasteiger partial charge in [0.15, 0.2) is 11.6 Å². The van der Waals surface area contributed by atoms with Gasteiger partial charge in [-0.25, -0.2) is 18.2 Å². The van der Waals surface area contributed by atoms with Crippen molar-refractivity contribution in [3.63, 3.8) is 0 Å². The van der Waals surface area contributed by atoms with Gasteiger partial charge in [0.25, 0.3) is 6.43 Å². The zero-order chi connectivity index (χ0) is 10.0. The maximum absolute atomic E-state index is 13.0. The number of halogens is 3. The molecule has 0 unspecified atom stereocenters. The van der Waals surface area contributed by atoms with Crippen molar-refractivity contribution in [2.24, 2.45) is 0 Å². The van der Waals surface area contributed by atoms with Crippen molar-refractivity contribution < 1.29 is 17.9 Å². The number of nitrogens with zero attached hydrogens (tertiary/aromatic N) is 1. The van der Waals surface area contributed by atoms with Crippen molar-refractivity contribution in [3.05, 3.63) is 17.6 Å². The molecule has 2 N–H and O–H groups in total. The van der Waals surface area contributed by atoms with Crippen LogP contribution in [0.15, 0.2) is 6.20 Å². The predicted molar refractivity (Wildman–Crippen MR) is 40.1 cm³/mol. The van der Waals surface area contributed by atoms with E-state index in [1.54, 1.807) is 0 Å². The van der Waals surface area contributed by atoms with Crippen LogP contribution in [0, 0.1) is 5.82 Å². The first-order valence-electron chi connectivity index (χ1n) is 3.34. The number of pyridine rings is 1. The second-order valence-corrected chi connectivity index (χ2v) is 2.24. The molecular weight excluding hydrogens is 185 g/mol. The highest BCUT2D eigenvalue weighted by molar-refractivity contribution is 5.43. The highest BCUT2D eigenvalue weighted by Gasteiger charge is 2.21. The molecule has 1 heterocycles. The summed E-state index contributed by atoms with van der Waals surface area (Å²) in [6.07, 6.45) is -2.01. The first-order valence-corrected chi connectivity index (χ1v) is 3.34. The molecule has 72 valence electrons. The fourth-order valence-electron chi connectivity index (χ4n) is 0.867. The number of methoxy groups -OCH3 is 1. The number of ether oxygens (including phenoxy) is 1. The molecule has 0 aromatic carbocycles. The number of rotatable bonds is 2. The van der Waals surface area contributed by atoms with Crippen LogP contribution in [-0.4, -0.2) is 12.1 Å². The number of hydrogen-bond acceptors (Lipinski definition) is 3. The van der Waals surface area contributed by atoms with Crippen LogP contribution >= 0.6 is 0 Å². The minimum Gasteiger partial charge on any atom is -0.495 e. The maximum atomic E-state index is 13.0. The summed E-state index contributed by atoms with van der Waals surface area (Å²) < 4.78 is 42.0. The van der Waals surface area contributed by atoms with Crippen LogP contribution in [0.4, 0.5) is 19.0 Å². The Kier molecular flexibility index (Phi) is 2.60. The quantitative estimate of drug-likeness (QED) is 0.776. The second-order valence-electron chi connectivity index (χ2n) is 2.24. The lowest BCUT2D eigenvalue weighted by atomic mass is 10.2. The number of alkyl halides is 2. The monoisotopic (exact) mass is 192 g/mol. The lowest BCUT2D eigenvalue weighted by molar-refractivity contribution is 0.141. The van der Waals surface area contributed by atoms with Gasteiger partial charge in [-0.3, -0.25) is 0 Å². The number of nitrogens with two attached hydrogens (primary N) is 1. The van der Waals surface area contributed by atoms with Gasteiger partial charge < -0.3 is 10.5 Å². The van der Waals surface area contributed by atoms with E-state index >= 15 is 0 Å². The molecule has 0 aliphatic carbocycles. The smallest absolute Gasteiger partial charge is 0.270 e. The van der Waals surface area contributed by atoms with Gasteiger partial charge in [-0.2, -0.15) is 0 Å². The average molecular weight is 192 g/mol. The van der Waals surface area contributed by atoms with E-state index < -0.39 is 23.6 Å². The molecule has 0 fully saturated rings. The Morgan fingerprint density at radius 1 is 1.54 bits per heavy atom. The highest BCUT2D eigenvalue weighted by Crippen LogP contribution is 2.32. The van der Waals surface area contributed by atoms with E-state index in [1.807, 2.05) is 0 Å². The lowest BCUT2D eigenvalue weighted by Crippen LogP contribution is -2.03.